The molecule has 0 aromatic heterocycles. The van der Waals surface area contributed by atoms with Crippen LogP contribution >= 0.6 is 0 Å². The Morgan fingerprint density at radius 2 is 1.60 bits per heavy atom. The van der Waals surface area contributed by atoms with Crippen molar-refractivity contribution in [1.29, 1.82) is 0 Å². The molecule has 1 atom stereocenters. The smallest absolute Gasteiger partial charge is 0.0343 e. The van der Waals surface area contributed by atoms with E-state index in [1.807, 2.05) is 0 Å². The summed E-state index contributed by atoms with van der Waals surface area (Å²) in [6.07, 6.45) is 0. The van der Waals surface area contributed by atoms with Gasteiger partial charge >= 0.3 is 0 Å². The van der Waals surface area contributed by atoms with Crippen molar-refractivity contribution >= 4 is 0 Å². The molecule has 1 aromatic rings. The lowest BCUT2D eigenvalue weighted by atomic mass is 9.93. The van der Waals surface area contributed by atoms with Crippen molar-refractivity contribution in [3.63, 3.8) is 0 Å². The van der Waals surface area contributed by atoms with E-state index in [-0.39, 0.29) is 0 Å². The maximum absolute atomic E-state index is 3.55. The van der Waals surface area contributed by atoms with E-state index in [1.54, 1.807) is 0 Å². The summed E-state index contributed by atoms with van der Waals surface area (Å²) in [6.45, 7) is 12.1. The van der Waals surface area contributed by atoms with Crippen LogP contribution in [0.1, 0.15) is 43.5 Å². The molecule has 1 rings (SSSR count). The third-order valence-corrected chi connectivity index (χ3v) is 2.69. The van der Waals surface area contributed by atoms with E-state index < -0.39 is 0 Å². The molecule has 0 amide bonds. The topological polar surface area (TPSA) is 12.0 Å². The highest BCUT2D eigenvalue weighted by Gasteiger charge is 2.14. The summed E-state index contributed by atoms with van der Waals surface area (Å²) in [5, 5.41) is 3.55. The van der Waals surface area contributed by atoms with Crippen LogP contribution in [-0.4, -0.2) is 6.54 Å². The zero-order valence-electron chi connectivity index (χ0n) is 10.6. The molecule has 0 aliphatic carbocycles. The summed E-state index contributed by atoms with van der Waals surface area (Å²) in [4.78, 5) is 0. The van der Waals surface area contributed by atoms with Gasteiger partial charge in [-0.2, -0.15) is 0 Å². The van der Waals surface area contributed by atoms with Crippen LogP contribution < -0.4 is 5.32 Å². The van der Waals surface area contributed by atoms with E-state index in [9.17, 15) is 0 Å². The zero-order chi connectivity index (χ0) is 11.4. The number of hydrogen-bond donors (Lipinski definition) is 1. The van der Waals surface area contributed by atoms with Crippen LogP contribution in [0.5, 0.6) is 0 Å². The Bertz CT molecular complexity index is 295. The average molecular weight is 205 g/mol. The molecular formula is C14H23N. The third kappa shape index (κ3) is 3.35. The van der Waals surface area contributed by atoms with Gasteiger partial charge in [0.2, 0.25) is 0 Å². The minimum atomic E-state index is 0.480. The molecule has 0 radical (unpaired) electrons. The molecule has 0 aliphatic heterocycles. The van der Waals surface area contributed by atoms with Crippen LogP contribution in [0.15, 0.2) is 18.2 Å². The molecule has 1 nitrogen and oxygen atoms in total. The Morgan fingerprint density at radius 1 is 1.07 bits per heavy atom. The van der Waals surface area contributed by atoms with Gasteiger partial charge in [-0.15, -0.1) is 0 Å². The molecule has 0 spiro atoms. The minimum absolute atomic E-state index is 0.480. The van der Waals surface area contributed by atoms with Crippen LogP contribution in [-0.2, 0) is 0 Å². The highest BCUT2D eigenvalue weighted by Crippen LogP contribution is 2.23. The van der Waals surface area contributed by atoms with E-state index in [2.05, 4.69) is 58.1 Å². The summed E-state index contributed by atoms with van der Waals surface area (Å²) < 4.78 is 0. The van der Waals surface area contributed by atoms with Gasteiger partial charge in [0.15, 0.2) is 0 Å². The van der Waals surface area contributed by atoms with Gasteiger partial charge in [-0.25, -0.2) is 0 Å². The molecule has 1 N–H and O–H groups in total. The molecule has 0 heterocycles. The summed E-state index contributed by atoms with van der Waals surface area (Å²) in [5.74, 6) is 0.631. The Morgan fingerprint density at radius 3 is 2.00 bits per heavy atom. The van der Waals surface area contributed by atoms with E-state index in [4.69, 9.17) is 0 Å². The van der Waals surface area contributed by atoms with Gasteiger partial charge in [0.1, 0.15) is 0 Å². The molecule has 0 aliphatic rings. The second-order valence-electron chi connectivity index (χ2n) is 4.70. The highest BCUT2D eigenvalue weighted by atomic mass is 14.9. The first-order valence-electron chi connectivity index (χ1n) is 5.86. The lowest BCUT2D eigenvalue weighted by Crippen LogP contribution is -2.25. The van der Waals surface area contributed by atoms with Crippen molar-refractivity contribution < 1.29 is 0 Å². The fourth-order valence-electron chi connectivity index (χ4n) is 2.15. The van der Waals surface area contributed by atoms with Crippen molar-refractivity contribution in [2.45, 2.75) is 40.7 Å². The van der Waals surface area contributed by atoms with Crippen molar-refractivity contribution in [2.24, 2.45) is 5.92 Å². The van der Waals surface area contributed by atoms with Crippen LogP contribution in [0.25, 0.3) is 0 Å². The Labute approximate surface area is 93.9 Å². The van der Waals surface area contributed by atoms with Crippen LogP contribution in [0.3, 0.4) is 0 Å². The molecule has 84 valence electrons. The predicted molar refractivity (Wildman–Crippen MR) is 67.2 cm³/mol. The average Bonchev–Trinajstić information content (AvgIpc) is 2.11. The lowest BCUT2D eigenvalue weighted by molar-refractivity contribution is 0.421. The standard InChI is InChI=1S/C14H23N/c1-6-15-14(10(2)3)13-8-11(4)7-12(5)9-13/h7-10,14-15H,6H2,1-5H3. The molecular weight excluding hydrogens is 182 g/mol. The third-order valence-electron chi connectivity index (χ3n) is 2.69. The molecule has 1 heteroatoms. The van der Waals surface area contributed by atoms with Crippen molar-refractivity contribution in [3.05, 3.63) is 34.9 Å². The van der Waals surface area contributed by atoms with Gasteiger partial charge in [-0.05, 0) is 31.9 Å². The largest absolute Gasteiger partial charge is 0.310 e. The van der Waals surface area contributed by atoms with Crippen LogP contribution in [0, 0.1) is 19.8 Å². The molecule has 1 aromatic carbocycles. The fraction of sp³-hybridized carbons (Fsp3) is 0.571. The van der Waals surface area contributed by atoms with Crippen molar-refractivity contribution in [2.75, 3.05) is 6.54 Å². The minimum Gasteiger partial charge on any atom is -0.310 e. The maximum Gasteiger partial charge on any atom is 0.0343 e. The summed E-state index contributed by atoms with van der Waals surface area (Å²) >= 11 is 0. The molecule has 0 saturated carbocycles. The number of nitrogens with one attached hydrogen (secondary N) is 1. The highest BCUT2D eigenvalue weighted by molar-refractivity contribution is 5.30. The first kappa shape index (κ1) is 12.3. The fourth-order valence-corrected chi connectivity index (χ4v) is 2.15. The Balaban J connectivity index is 2.99. The quantitative estimate of drug-likeness (QED) is 0.791. The predicted octanol–water partition coefficient (Wildman–Crippen LogP) is 3.61. The van der Waals surface area contributed by atoms with Gasteiger partial charge in [-0.3, -0.25) is 0 Å². The monoisotopic (exact) mass is 205 g/mol. The van der Waals surface area contributed by atoms with E-state index in [0.29, 0.717) is 12.0 Å². The Hall–Kier alpha value is -0.820. The van der Waals surface area contributed by atoms with E-state index in [0.717, 1.165) is 6.54 Å². The SMILES string of the molecule is CCNC(c1cc(C)cc(C)c1)C(C)C. The van der Waals surface area contributed by atoms with Gasteiger partial charge in [0.25, 0.3) is 0 Å². The van der Waals surface area contributed by atoms with Gasteiger partial charge < -0.3 is 5.32 Å². The van der Waals surface area contributed by atoms with E-state index in [1.165, 1.54) is 16.7 Å². The summed E-state index contributed by atoms with van der Waals surface area (Å²) in [7, 11) is 0. The van der Waals surface area contributed by atoms with Gasteiger partial charge in [0.05, 0.1) is 0 Å². The number of aryl methyl sites for hydroxylation is 2. The second-order valence-corrected chi connectivity index (χ2v) is 4.70. The lowest BCUT2D eigenvalue weighted by Gasteiger charge is -2.23. The van der Waals surface area contributed by atoms with Crippen molar-refractivity contribution in [1.82, 2.24) is 5.32 Å². The number of rotatable bonds is 4. The van der Waals surface area contributed by atoms with Gasteiger partial charge in [-0.1, -0.05) is 50.1 Å². The molecule has 1 unspecified atom stereocenters. The van der Waals surface area contributed by atoms with Crippen LogP contribution in [0.4, 0.5) is 0 Å². The van der Waals surface area contributed by atoms with Crippen molar-refractivity contribution in [3.8, 4) is 0 Å². The number of hydrogen-bond acceptors (Lipinski definition) is 1. The molecule has 15 heavy (non-hydrogen) atoms. The molecule has 0 bridgehead atoms. The Kier molecular flexibility index (Phi) is 4.34. The second kappa shape index (κ2) is 5.32. The molecule has 0 saturated heterocycles. The first-order valence-corrected chi connectivity index (χ1v) is 5.86. The van der Waals surface area contributed by atoms with Gasteiger partial charge in [0, 0.05) is 6.04 Å². The zero-order valence-corrected chi connectivity index (χ0v) is 10.6. The summed E-state index contributed by atoms with van der Waals surface area (Å²) in [5.41, 5.74) is 4.13. The first-order chi connectivity index (χ1) is 7.04. The normalized spacial score (nSPS) is 13.2. The molecule has 0 fully saturated rings. The summed E-state index contributed by atoms with van der Waals surface area (Å²) in [6, 6.07) is 7.29. The number of benzene rings is 1. The van der Waals surface area contributed by atoms with E-state index >= 15 is 0 Å². The maximum atomic E-state index is 3.55. The van der Waals surface area contributed by atoms with Crippen LogP contribution in [0.2, 0.25) is 0 Å².